The molecule has 41 heavy (non-hydrogen) atoms. The van der Waals surface area contributed by atoms with Crippen molar-refractivity contribution in [3.05, 3.63) is 65.7 Å². The highest BCUT2D eigenvalue weighted by molar-refractivity contribution is 7.86. The van der Waals surface area contributed by atoms with E-state index in [0.717, 1.165) is 24.0 Å². The second-order valence-corrected chi connectivity index (χ2v) is 13.0. The van der Waals surface area contributed by atoms with Crippen LogP contribution in [0.15, 0.2) is 59.5 Å². The van der Waals surface area contributed by atoms with Gasteiger partial charge in [0.15, 0.2) is 0 Å². The largest absolute Gasteiger partial charge is 0.379 e. The number of aryl methyl sites for hydroxylation is 1. The molecule has 0 bridgehead atoms. The summed E-state index contributed by atoms with van der Waals surface area (Å²) in [5.41, 5.74) is 2.02. The van der Waals surface area contributed by atoms with Gasteiger partial charge in [-0.15, -0.1) is 0 Å². The van der Waals surface area contributed by atoms with Gasteiger partial charge in [0.1, 0.15) is 6.10 Å². The molecule has 0 aromatic heterocycles. The Morgan fingerprint density at radius 3 is 1.68 bits per heavy atom. The molecule has 6 heteroatoms. The Morgan fingerprint density at radius 1 is 0.634 bits per heavy atom. The normalized spacial score (nSPS) is 12.5. The zero-order valence-corrected chi connectivity index (χ0v) is 26.7. The molecule has 0 aliphatic heterocycles. The van der Waals surface area contributed by atoms with E-state index in [1.165, 1.54) is 89.9 Å². The molecular weight excluding hydrogens is 532 g/mol. The van der Waals surface area contributed by atoms with Crippen LogP contribution in [0.25, 0.3) is 0 Å². The fourth-order valence-corrected chi connectivity index (χ4v) is 5.77. The summed E-state index contributed by atoms with van der Waals surface area (Å²) in [6, 6.07) is 16.5. The molecule has 232 valence electrons. The van der Waals surface area contributed by atoms with E-state index >= 15 is 0 Å². The number of ether oxygens (including phenoxy) is 2. The van der Waals surface area contributed by atoms with Crippen LogP contribution in [0.3, 0.4) is 0 Å². The zero-order chi connectivity index (χ0) is 29.4. The Labute approximate surface area is 251 Å². The van der Waals surface area contributed by atoms with E-state index in [-0.39, 0.29) is 11.5 Å². The second kappa shape index (κ2) is 22.8. The number of unbranched alkanes of at least 4 members (excludes halogenated alkanes) is 15. The van der Waals surface area contributed by atoms with Gasteiger partial charge in [0.2, 0.25) is 0 Å². The average molecular weight is 589 g/mol. The quantitative estimate of drug-likeness (QED) is 0.0809. The van der Waals surface area contributed by atoms with Crippen molar-refractivity contribution in [3.63, 3.8) is 0 Å². The van der Waals surface area contributed by atoms with Crippen LogP contribution in [0.5, 0.6) is 0 Å². The Morgan fingerprint density at radius 2 is 1.15 bits per heavy atom. The molecule has 0 amide bonds. The summed E-state index contributed by atoms with van der Waals surface area (Å²) in [5.74, 6) is 0. The minimum Gasteiger partial charge on any atom is -0.379 e. The number of rotatable bonds is 26. The van der Waals surface area contributed by atoms with Gasteiger partial charge in [-0.1, -0.05) is 151 Å². The fourth-order valence-electron chi connectivity index (χ4n) is 4.84. The van der Waals surface area contributed by atoms with E-state index in [4.69, 9.17) is 13.7 Å². The van der Waals surface area contributed by atoms with Gasteiger partial charge in [0, 0.05) is 6.61 Å². The molecule has 0 heterocycles. The van der Waals surface area contributed by atoms with Gasteiger partial charge in [-0.05, 0) is 31.0 Å². The van der Waals surface area contributed by atoms with Crippen LogP contribution in [-0.4, -0.2) is 34.3 Å². The lowest BCUT2D eigenvalue weighted by atomic mass is 10.0. The molecule has 0 spiro atoms. The van der Waals surface area contributed by atoms with Crippen LogP contribution in [0.1, 0.15) is 121 Å². The predicted molar refractivity (Wildman–Crippen MR) is 170 cm³/mol. The maximum atomic E-state index is 12.6. The van der Waals surface area contributed by atoms with E-state index in [1.807, 2.05) is 37.3 Å². The average Bonchev–Trinajstić information content (AvgIpc) is 2.98. The molecule has 2 aromatic rings. The van der Waals surface area contributed by atoms with Gasteiger partial charge in [0.05, 0.1) is 24.7 Å². The van der Waals surface area contributed by atoms with E-state index < -0.39 is 16.2 Å². The van der Waals surface area contributed by atoms with Crippen molar-refractivity contribution in [2.24, 2.45) is 0 Å². The highest BCUT2D eigenvalue weighted by atomic mass is 32.2. The first-order chi connectivity index (χ1) is 20.0. The maximum Gasteiger partial charge on any atom is 0.297 e. The van der Waals surface area contributed by atoms with Crippen molar-refractivity contribution >= 4 is 10.1 Å². The first-order valence-corrected chi connectivity index (χ1v) is 17.6. The van der Waals surface area contributed by atoms with Gasteiger partial charge in [-0.3, -0.25) is 4.18 Å². The van der Waals surface area contributed by atoms with Crippen molar-refractivity contribution in [1.29, 1.82) is 0 Å². The van der Waals surface area contributed by atoms with Crippen LogP contribution < -0.4 is 0 Å². The molecule has 0 radical (unpaired) electrons. The molecule has 0 saturated carbocycles. The van der Waals surface area contributed by atoms with Gasteiger partial charge in [0.25, 0.3) is 10.1 Å². The molecule has 0 saturated heterocycles. The third-order valence-corrected chi connectivity index (χ3v) is 8.79. The standard InChI is InChI=1S/C35H56O5S/c1-3-4-5-6-7-8-9-10-11-12-13-14-15-16-17-21-28-38-30-34(39-29-33-22-19-18-20-23-33)31-40-41(36,37)35-26-24-32(2)25-27-35/h18-20,22-27,34H,3-17,21,28-31H2,1-2H3/t34-/m1/s1. The van der Waals surface area contributed by atoms with Crippen LogP contribution in [0.4, 0.5) is 0 Å². The first kappa shape index (κ1) is 35.5. The van der Waals surface area contributed by atoms with Gasteiger partial charge < -0.3 is 9.47 Å². The molecule has 0 fully saturated rings. The third-order valence-electron chi connectivity index (χ3n) is 7.49. The van der Waals surface area contributed by atoms with Crippen molar-refractivity contribution in [2.75, 3.05) is 19.8 Å². The fraction of sp³-hybridized carbons (Fsp3) is 0.657. The summed E-state index contributed by atoms with van der Waals surface area (Å²) in [6.07, 6.45) is 20.9. The van der Waals surface area contributed by atoms with Crippen molar-refractivity contribution < 1.29 is 22.1 Å². The molecule has 1 atom stereocenters. The topological polar surface area (TPSA) is 61.8 Å². The third kappa shape index (κ3) is 17.7. The highest BCUT2D eigenvalue weighted by Gasteiger charge is 2.19. The van der Waals surface area contributed by atoms with Gasteiger partial charge in [-0.2, -0.15) is 8.42 Å². The van der Waals surface area contributed by atoms with Crippen LogP contribution in [-0.2, 0) is 30.4 Å². The van der Waals surface area contributed by atoms with Crippen LogP contribution in [0, 0.1) is 6.92 Å². The van der Waals surface area contributed by atoms with Gasteiger partial charge in [-0.25, -0.2) is 0 Å². The highest BCUT2D eigenvalue weighted by Crippen LogP contribution is 2.16. The summed E-state index contributed by atoms with van der Waals surface area (Å²) in [4.78, 5) is 0.152. The molecular formula is C35H56O5S. The molecule has 0 unspecified atom stereocenters. The lowest BCUT2D eigenvalue weighted by Gasteiger charge is -2.18. The summed E-state index contributed by atoms with van der Waals surface area (Å²) in [5, 5.41) is 0. The van der Waals surface area contributed by atoms with E-state index in [9.17, 15) is 8.42 Å². The Balaban J connectivity index is 1.55. The number of hydrogen-bond acceptors (Lipinski definition) is 5. The smallest absolute Gasteiger partial charge is 0.297 e. The number of benzene rings is 2. The molecule has 5 nitrogen and oxygen atoms in total. The summed E-state index contributed by atoms with van der Waals surface area (Å²) in [6.45, 7) is 5.44. The van der Waals surface area contributed by atoms with Crippen LogP contribution >= 0.6 is 0 Å². The van der Waals surface area contributed by atoms with E-state index in [2.05, 4.69) is 6.92 Å². The lowest BCUT2D eigenvalue weighted by molar-refractivity contribution is -0.0444. The number of hydrogen-bond donors (Lipinski definition) is 0. The SMILES string of the molecule is CCCCCCCCCCCCCCCCCCOC[C@H](COS(=O)(=O)c1ccc(C)cc1)OCc1ccccc1. The molecule has 0 aliphatic carbocycles. The van der Waals surface area contributed by atoms with E-state index in [1.54, 1.807) is 24.3 Å². The molecule has 0 N–H and O–H groups in total. The predicted octanol–water partition coefficient (Wildman–Crippen LogP) is 9.56. The minimum absolute atomic E-state index is 0.0813. The summed E-state index contributed by atoms with van der Waals surface area (Å²) in [7, 11) is -3.85. The van der Waals surface area contributed by atoms with Crippen LogP contribution in [0.2, 0.25) is 0 Å². The lowest BCUT2D eigenvalue weighted by Crippen LogP contribution is -2.27. The Hall–Kier alpha value is -1.73. The maximum absolute atomic E-state index is 12.6. The Bertz CT molecular complexity index is 975. The van der Waals surface area contributed by atoms with Crippen molar-refractivity contribution in [3.8, 4) is 0 Å². The van der Waals surface area contributed by atoms with Crippen molar-refractivity contribution in [2.45, 2.75) is 134 Å². The molecule has 0 aliphatic rings. The molecule has 2 rings (SSSR count). The molecule has 2 aromatic carbocycles. The first-order valence-electron chi connectivity index (χ1n) is 16.2. The monoisotopic (exact) mass is 588 g/mol. The zero-order valence-electron chi connectivity index (χ0n) is 25.9. The summed E-state index contributed by atoms with van der Waals surface area (Å²) >= 11 is 0. The van der Waals surface area contributed by atoms with E-state index in [0.29, 0.717) is 19.8 Å². The second-order valence-electron chi connectivity index (χ2n) is 11.3. The Kier molecular flexibility index (Phi) is 19.7. The minimum atomic E-state index is -3.85. The summed E-state index contributed by atoms with van der Waals surface area (Å²) < 4.78 is 42.5. The van der Waals surface area contributed by atoms with Crippen molar-refractivity contribution in [1.82, 2.24) is 0 Å². The van der Waals surface area contributed by atoms with Gasteiger partial charge >= 0.3 is 0 Å².